The van der Waals surface area contributed by atoms with Crippen LogP contribution in [0.1, 0.15) is 23.2 Å². The van der Waals surface area contributed by atoms with Gasteiger partial charge in [0.15, 0.2) is 0 Å². The standard InChI is InChI=1S/C12H17N3O2.ClH/c1-14-6-4-9(7-11(14)16)12(17)15-5-2-3-10(15)8-13;/h4,6-7,10H,2-3,5,8,13H2,1H3;1H. The van der Waals surface area contributed by atoms with Gasteiger partial charge in [0.25, 0.3) is 11.5 Å². The predicted molar refractivity (Wildman–Crippen MR) is 72.0 cm³/mol. The summed E-state index contributed by atoms with van der Waals surface area (Å²) in [7, 11) is 1.66. The fourth-order valence-corrected chi connectivity index (χ4v) is 2.20. The molecule has 5 nitrogen and oxygen atoms in total. The van der Waals surface area contributed by atoms with Crippen LogP contribution in [0.5, 0.6) is 0 Å². The molecule has 100 valence electrons. The summed E-state index contributed by atoms with van der Waals surface area (Å²) in [5.74, 6) is -0.0874. The SMILES string of the molecule is Cl.Cn1ccc(C(=O)N2CCCC2CN)cc1=O. The smallest absolute Gasteiger partial charge is 0.254 e. The Labute approximate surface area is 112 Å². The van der Waals surface area contributed by atoms with Crippen LogP contribution in [0.25, 0.3) is 0 Å². The van der Waals surface area contributed by atoms with Crippen molar-refractivity contribution in [2.24, 2.45) is 12.8 Å². The second-order valence-corrected chi connectivity index (χ2v) is 4.39. The lowest BCUT2D eigenvalue weighted by molar-refractivity contribution is 0.0741. The molecule has 18 heavy (non-hydrogen) atoms. The van der Waals surface area contributed by atoms with Crippen LogP contribution in [0, 0.1) is 0 Å². The molecule has 6 heteroatoms. The Bertz CT molecular complexity index is 486. The van der Waals surface area contributed by atoms with Crippen LogP contribution in [0.4, 0.5) is 0 Å². The first kappa shape index (κ1) is 14.7. The van der Waals surface area contributed by atoms with Crippen molar-refractivity contribution >= 4 is 18.3 Å². The summed E-state index contributed by atoms with van der Waals surface area (Å²) in [6, 6.07) is 3.18. The van der Waals surface area contributed by atoms with Gasteiger partial charge in [0.05, 0.1) is 0 Å². The third kappa shape index (κ3) is 2.73. The normalized spacial score (nSPS) is 18.6. The Kier molecular flexibility index (Phi) is 4.93. The lowest BCUT2D eigenvalue weighted by Gasteiger charge is -2.23. The van der Waals surface area contributed by atoms with E-state index in [1.165, 1.54) is 10.6 Å². The molecule has 0 radical (unpaired) electrons. The van der Waals surface area contributed by atoms with E-state index in [-0.39, 0.29) is 29.9 Å². The van der Waals surface area contributed by atoms with Gasteiger partial charge in [-0.25, -0.2) is 0 Å². The highest BCUT2D eigenvalue weighted by Crippen LogP contribution is 2.18. The van der Waals surface area contributed by atoms with E-state index in [0.29, 0.717) is 12.1 Å². The van der Waals surface area contributed by atoms with Gasteiger partial charge in [-0.1, -0.05) is 0 Å². The monoisotopic (exact) mass is 271 g/mol. The molecule has 0 saturated carbocycles. The van der Waals surface area contributed by atoms with Gasteiger partial charge in [0.1, 0.15) is 0 Å². The molecule has 1 fully saturated rings. The number of pyridine rings is 1. The molecule has 1 amide bonds. The minimum Gasteiger partial charge on any atom is -0.334 e. The molecule has 2 N–H and O–H groups in total. The average molecular weight is 272 g/mol. The van der Waals surface area contributed by atoms with E-state index >= 15 is 0 Å². The maximum Gasteiger partial charge on any atom is 0.254 e. The first-order chi connectivity index (χ1) is 8.13. The van der Waals surface area contributed by atoms with E-state index in [4.69, 9.17) is 5.73 Å². The van der Waals surface area contributed by atoms with Gasteiger partial charge in [-0.3, -0.25) is 9.59 Å². The molecular weight excluding hydrogens is 254 g/mol. The number of aryl methyl sites for hydroxylation is 1. The van der Waals surface area contributed by atoms with Gasteiger partial charge in [-0.05, 0) is 18.9 Å². The van der Waals surface area contributed by atoms with Crippen LogP contribution in [-0.2, 0) is 7.05 Å². The first-order valence-electron chi connectivity index (χ1n) is 5.81. The predicted octanol–water partition coefficient (Wildman–Crippen LogP) is 0.370. The Morgan fingerprint density at radius 1 is 1.56 bits per heavy atom. The third-order valence-corrected chi connectivity index (χ3v) is 3.26. The number of hydrogen-bond donors (Lipinski definition) is 1. The molecule has 0 bridgehead atoms. The second kappa shape index (κ2) is 6.02. The Balaban J connectivity index is 0.00000162. The zero-order valence-electron chi connectivity index (χ0n) is 10.3. The van der Waals surface area contributed by atoms with Crippen molar-refractivity contribution in [3.63, 3.8) is 0 Å². The van der Waals surface area contributed by atoms with Crippen molar-refractivity contribution in [2.45, 2.75) is 18.9 Å². The van der Waals surface area contributed by atoms with Crippen molar-refractivity contribution in [1.29, 1.82) is 0 Å². The molecule has 0 spiro atoms. The molecule has 2 rings (SSSR count). The zero-order chi connectivity index (χ0) is 12.4. The summed E-state index contributed by atoms with van der Waals surface area (Å²) >= 11 is 0. The van der Waals surface area contributed by atoms with Gasteiger partial charge in [-0.2, -0.15) is 0 Å². The minimum atomic E-state index is -0.167. The van der Waals surface area contributed by atoms with Crippen LogP contribution in [0.15, 0.2) is 23.1 Å². The van der Waals surface area contributed by atoms with E-state index in [0.717, 1.165) is 19.4 Å². The highest BCUT2D eigenvalue weighted by Gasteiger charge is 2.28. The molecule has 2 heterocycles. The molecular formula is C12H18ClN3O2. The summed E-state index contributed by atoms with van der Waals surface area (Å²) < 4.78 is 1.45. The lowest BCUT2D eigenvalue weighted by atomic mass is 10.2. The topological polar surface area (TPSA) is 68.3 Å². The average Bonchev–Trinajstić information content (AvgIpc) is 2.80. The van der Waals surface area contributed by atoms with Crippen molar-refractivity contribution in [3.05, 3.63) is 34.2 Å². The minimum absolute atomic E-state index is 0. The number of halogens is 1. The highest BCUT2D eigenvalue weighted by atomic mass is 35.5. The van der Waals surface area contributed by atoms with Crippen LogP contribution in [0.2, 0.25) is 0 Å². The number of nitrogens with zero attached hydrogens (tertiary/aromatic N) is 2. The zero-order valence-corrected chi connectivity index (χ0v) is 11.2. The number of rotatable bonds is 2. The van der Waals surface area contributed by atoms with Gasteiger partial charge >= 0.3 is 0 Å². The number of carbonyl (C=O) groups excluding carboxylic acids is 1. The van der Waals surface area contributed by atoms with Crippen molar-refractivity contribution in [1.82, 2.24) is 9.47 Å². The quantitative estimate of drug-likeness (QED) is 0.845. The summed E-state index contributed by atoms with van der Waals surface area (Å²) in [6.45, 7) is 1.21. The lowest BCUT2D eigenvalue weighted by Crippen LogP contribution is -2.40. The van der Waals surface area contributed by atoms with Gasteiger partial charge in [0, 0.05) is 44.0 Å². The molecule has 1 aliphatic heterocycles. The van der Waals surface area contributed by atoms with E-state index in [1.54, 1.807) is 24.2 Å². The molecule has 1 aromatic rings. The van der Waals surface area contributed by atoms with E-state index in [9.17, 15) is 9.59 Å². The summed E-state index contributed by atoms with van der Waals surface area (Å²) in [6.07, 6.45) is 3.55. The third-order valence-electron chi connectivity index (χ3n) is 3.26. The molecule has 0 aliphatic carbocycles. The largest absolute Gasteiger partial charge is 0.334 e. The summed E-state index contributed by atoms with van der Waals surface area (Å²) in [4.78, 5) is 25.5. The molecule has 1 unspecified atom stereocenters. The van der Waals surface area contributed by atoms with Crippen molar-refractivity contribution < 1.29 is 4.79 Å². The summed E-state index contributed by atoms with van der Waals surface area (Å²) in [5, 5.41) is 0. The maximum absolute atomic E-state index is 12.2. The van der Waals surface area contributed by atoms with Crippen LogP contribution >= 0.6 is 12.4 Å². The van der Waals surface area contributed by atoms with Crippen LogP contribution in [0.3, 0.4) is 0 Å². The van der Waals surface area contributed by atoms with Crippen molar-refractivity contribution in [2.75, 3.05) is 13.1 Å². The molecule has 0 aromatic carbocycles. The molecule has 1 atom stereocenters. The number of hydrogen-bond acceptors (Lipinski definition) is 3. The maximum atomic E-state index is 12.2. The van der Waals surface area contributed by atoms with E-state index in [1.807, 2.05) is 0 Å². The van der Waals surface area contributed by atoms with Gasteiger partial charge < -0.3 is 15.2 Å². The first-order valence-corrected chi connectivity index (χ1v) is 5.81. The number of amides is 1. The van der Waals surface area contributed by atoms with E-state index in [2.05, 4.69) is 0 Å². The van der Waals surface area contributed by atoms with Gasteiger partial charge in [0.2, 0.25) is 0 Å². The second-order valence-electron chi connectivity index (χ2n) is 4.39. The summed E-state index contributed by atoms with van der Waals surface area (Å²) in [5.41, 5.74) is 5.92. The molecule has 1 aromatic heterocycles. The Morgan fingerprint density at radius 3 is 2.89 bits per heavy atom. The number of nitrogens with two attached hydrogens (primary N) is 1. The highest BCUT2D eigenvalue weighted by molar-refractivity contribution is 5.94. The fraction of sp³-hybridized carbons (Fsp3) is 0.500. The van der Waals surface area contributed by atoms with Crippen LogP contribution in [-0.4, -0.2) is 34.5 Å². The van der Waals surface area contributed by atoms with Gasteiger partial charge in [-0.15, -0.1) is 12.4 Å². The fourth-order valence-electron chi connectivity index (χ4n) is 2.20. The Hall–Kier alpha value is -1.33. The Morgan fingerprint density at radius 2 is 2.28 bits per heavy atom. The number of likely N-dealkylation sites (tertiary alicyclic amines) is 1. The van der Waals surface area contributed by atoms with Crippen LogP contribution < -0.4 is 11.3 Å². The molecule has 1 aliphatic rings. The van der Waals surface area contributed by atoms with E-state index < -0.39 is 0 Å². The molecule has 1 saturated heterocycles. The number of carbonyl (C=O) groups is 1. The number of aromatic nitrogens is 1. The van der Waals surface area contributed by atoms with Crippen molar-refractivity contribution in [3.8, 4) is 0 Å².